The quantitative estimate of drug-likeness (QED) is 0.812. The van der Waals surface area contributed by atoms with Crippen LogP contribution >= 0.6 is 0 Å². The van der Waals surface area contributed by atoms with Crippen molar-refractivity contribution in [1.82, 2.24) is 10.0 Å². The zero-order valence-electron chi connectivity index (χ0n) is 11.3. The highest BCUT2D eigenvalue weighted by Crippen LogP contribution is 2.20. The van der Waals surface area contributed by atoms with Gasteiger partial charge in [0.05, 0.1) is 6.54 Å². The van der Waals surface area contributed by atoms with E-state index in [1.54, 1.807) is 13.1 Å². The Morgan fingerprint density at radius 2 is 1.89 bits per heavy atom. The summed E-state index contributed by atoms with van der Waals surface area (Å²) in [7, 11) is -1.73. The molecule has 1 heterocycles. The van der Waals surface area contributed by atoms with E-state index in [0.717, 1.165) is 25.7 Å². The Morgan fingerprint density at radius 1 is 1.21 bits per heavy atom. The maximum absolute atomic E-state index is 12.2. The second kappa shape index (κ2) is 6.54. The number of sulfonamides is 1. The molecule has 0 unspecified atom stereocenters. The normalized spacial score (nSPS) is 18.4. The molecule has 1 aromatic rings. The lowest BCUT2D eigenvalue weighted by atomic mass is 10.1. The van der Waals surface area contributed by atoms with Crippen molar-refractivity contribution in [3.8, 4) is 0 Å². The minimum absolute atomic E-state index is 0.0157. The van der Waals surface area contributed by atoms with Crippen molar-refractivity contribution in [2.45, 2.75) is 56.2 Å². The van der Waals surface area contributed by atoms with Gasteiger partial charge in [-0.15, -0.1) is 0 Å². The standard InChI is InChI=1S/C13H22N2O3S/c1-14-10-12-8-9-13(18-12)19(16,17)15-11-6-4-2-3-5-7-11/h8-9,11,14-15H,2-7,10H2,1H3. The summed E-state index contributed by atoms with van der Waals surface area (Å²) in [5.74, 6) is 0.628. The highest BCUT2D eigenvalue weighted by molar-refractivity contribution is 7.89. The van der Waals surface area contributed by atoms with Gasteiger partial charge < -0.3 is 9.73 Å². The fraction of sp³-hybridized carbons (Fsp3) is 0.692. The van der Waals surface area contributed by atoms with Gasteiger partial charge in [0.15, 0.2) is 0 Å². The summed E-state index contributed by atoms with van der Waals surface area (Å²) in [6.45, 7) is 0.527. The first-order chi connectivity index (χ1) is 9.12. The van der Waals surface area contributed by atoms with Crippen LogP contribution in [0.1, 0.15) is 44.3 Å². The molecule has 1 aliphatic carbocycles. The van der Waals surface area contributed by atoms with Crippen molar-refractivity contribution < 1.29 is 12.8 Å². The molecule has 6 heteroatoms. The number of nitrogens with one attached hydrogen (secondary N) is 2. The molecule has 19 heavy (non-hydrogen) atoms. The Labute approximate surface area is 114 Å². The number of rotatable bonds is 5. The van der Waals surface area contributed by atoms with Crippen LogP contribution in [-0.2, 0) is 16.6 Å². The van der Waals surface area contributed by atoms with Gasteiger partial charge in [0.1, 0.15) is 5.76 Å². The summed E-state index contributed by atoms with van der Waals surface area (Å²) in [5.41, 5.74) is 0. The molecule has 0 atom stereocenters. The zero-order chi connectivity index (χ0) is 13.7. The molecule has 2 rings (SSSR count). The fourth-order valence-electron chi connectivity index (χ4n) is 2.45. The second-order valence-electron chi connectivity index (χ2n) is 5.06. The van der Waals surface area contributed by atoms with Crippen molar-refractivity contribution in [3.63, 3.8) is 0 Å². The van der Waals surface area contributed by atoms with Gasteiger partial charge >= 0.3 is 0 Å². The monoisotopic (exact) mass is 286 g/mol. The molecule has 1 saturated carbocycles. The van der Waals surface area contributed by atoms with Crippen molar-refractivity contribution >= 4 is 10.0 Å². The molecule has 1 fully saturated rings. The van der Waals surface area contributed by atoms with E-state index >= 15 is 0 Å². The van der Waals surface area contributed by atoms with Crippen LogP contribution in [0.5, 0.6) is 0 Å². The molecule has 108 valence electrons. The summed E-state index contributed by atoms with van der Waals surface area (Å²) in [6, 6.07) is 3.26. The van der Waals surface area contributed by atoms with E-state index in [-0.39, 0.29) is 11.1 Å². The highest BCUT2D eigenvalue weighted by atomic mass is 32.2. The lowest BCUT2D eigenvalue weighted by Crippen LogP contribution is -2.34. The van der Waals surface area contributed by atoms with E-state index in [9.17, 15) is 8.42 Å². The van der Waals surface area contributed by atoms with Gasteiger partial charge in [-0.1, -0.05) is 25.7 Å². The SMILES string of the molecule is CNCc1ccc(S(=O)(=O)NC2CCCCCC2)o1. The van der Waals surface area contributed by atoms with Gasteiger partial charge in [-0.2, -0.15) is 0 Å². The van der Waals surface area contributed by atoms with Crippen LogP contribution in [0.3, 0.4) is 0 Å². The number of furan rings is 1. The van der Waals surface area contributed by atoms with E-state index in [1.165, 1.54) is 18.9 Å². The highest BCUT2D eigenvalue weighted by Gasteiger charge is 2.23. The van der Waals surface area contributed by atoms with Gasteiger partial charge in [0, 0.05) is 6.04 Å². The predicted octanol–water partition coefficient (Wildman–Crippen LogP) is 2.00. The average molecular weight is 286 g/mol. The molecule has 0 saturated heterocycles. The van der Waals surface area contributed by atoms with Crippen LogP contribution in [0.2, 0.25) is 0 Å². The van der Waals surface area contributed by atoms with Gasteiger partial charge in [-0.25, -0.2) is 13.1 Å². The first kappa shape index (κ1) is 14.6. The minimum atomic E-state index is -3.52. The zero-order valence-corrected chi connectivity index (χ0v) is 12.1. The van der Waals surface area contributed by atoms with E-state index in [0.29, 0.717) is 12.3 Å². The largest absolute Gasteiger partial charge is 0.447 e. The molecule has 0 amide bonds. The third kappa shape index (κ3) is 4.06. The lowest BCUT2D eigenvalue weighted by molar-refractivity contribution is 0.400. The van der Waals surface area contributed by atoms with Crippen LogP contribution in [0, 0.1) is 0 Å². The van der Waals surface area contributed by atoms with Crippen LogP contribution < -0.4 is 10.0 Å². The van der Waals surface area contributed by atoms with Crippen molar-refractivity contribution in [2.75, 3.05) is 7.05 Å². The topological polar surface area (TPSA) is 71.3 Å². The van der Waals surface area contributed by atoms with E-state index in [1.807, 2.05) is 0 Å². The Hall–Kier alpha value is -0.850. The first-order valence-electron chi connectivity index (χ1n) is 6.87. The van der Waals surface area contributed by atoms with Gasteiger partial charge in [0.2, 0.25) is 5.09 Å². The molecule has 0 spiro atoms. The molecule has 1 aromatic heterocycles. The Morgan fingerprint density at radius 3 is 2.53 bits per heavy atom. The summed E-state index contributed by atoms with van der Waals surface area (Å²) >= 11 is 0. The van der Waals surface area contributed by atoms with E-state index in [4.69, 9.17) is 4.42 Å². The maximum atomic E-state index is 12.2. The molecular weight excluding hydrogens is 264 g/mol. The Balaban J connectivity index is 2.03. The molecule has 0 aromatic carbocycles. The predicted molar refractivity (Wildman–Crippen MR) is 73.3 cm³/mol. The van der Waals surface area contributed by atoms with Crippen LogP contribution in [0.4, 0.5) is 0 Å². The lowest BCUT2D eigenvalue weighted by Gasteiger charge is -2.14. The van der Waals surface area contributed by atoms with Crippen molar-refractivity contribution in [3.05, 3.63) is 17.9 Å². The Bertz CT molecular complexity index is 488. The molecule has 5 nitrogen and oxygen atoms in total. The van der Waals surface area contributed by atoms with Gasteiger partial charge in [-0.05, 0) is 32.0 Å². The van der Waals surface area contributed by atoms with Gasteiger partial charge in [-0.3, -0.25) is 0 Å². The van der Waals surface area contributed by atoms with E-state index < -0.39 is 10.0 Å². The fourth-order valence-corrected chi connectivity index (χ4v) is 3.70. The molecule has 0 radical (unpaired) electrons. The minimum Gasteiger partial charge on any atom is -0.447 e. The summed E-state index contributed by atoms with van der Waals surface area (Å²) in [4.78, 5) is 0. The third-order valence-corrected chi connectivity index (χ3v) is 4.82. The molecule has 2 N–H and O–H groups in total. The third-order valence-electron chi connectivity index (χ3n) is 3.43. The molecule has 0 bridgehead atoms. The molecular formula is C13H22N2O3S. The second-order valence-corrected chi connectivity index (χ2v) is 6.71. The molecule has 1 aliphatic rings. The first-order valence-corrected chi connectivity index (χ1v) is 8.36. The van der Waals surface area contributed by atoms with E-state index in [2.05, 4.69) is 10.0 Å². The van der Waals surface area contributed by atoms with Crippen LogP contribution in [-0.4, -0.2) is 21.5 Å². The van der Waals surface area contributed by atoms with Crippen LogP contribution in [0.25, 0.3) is 0 Å². The number of hydrogen-bond donors (Lipinski definition) is 2. The van der Waals surface area contributed by atoms with Crippen molar-refractivity contribution in [1.29, 1.82) is 0 Å². The Kier molecular flexibility index (Phi) is 5.01. The van der Waals surface area contributed by atoms with Crippen molar-refractivity contribution in [2.24, 2.45) is 0 Å². The summed E-state index contributed by atoms with van der Waals surface area (Å²) < 4.78 is 32.5. The maximum Gasteiger partial charge on any atom is 0.274 e. The summed E-state index contributed by atoms with van der Waals surface area (Å²) in [5, 5.41) is 2.95. The average Bonchev–Trinajstić information content (AvgIpc) is 2.69. The number of hydrogen-bond acceptors (Lipinski definition) is 4. The van der Waals surface area contributed by atoms with Gasteiger partial charge in [0.25, 0.3) is 10.0 Å². The smallest absolute Gasteiger partial charge is 0.274 e. The summed E-state index contributed by atoms with van der Waals surface area (Å²) in [6.07, 6.45) is 6.43. The van der Waals surface area contributed by atoms with Crippen LogP contribution in [0.15, 0.2) is 21.6 Å². The molecule has 0 aliphatic heterocycles.